The quantitative estimate of drug-likeness (QED) is 0.739. The number of hydrogen-bond donors (Lipinski definition) is 2. The van der Waals surface area contributed by atoms with Crippen molar-refractivity contribution >= 4 is 21.8 Å². The maximum absolute atomic E-state index is 14.8. The fourth-order valence-corrected chi connectivity index (χ4v) is 3.44. The van der Waals surface area contributed by atoms with Crippen LogP contribution in [0, 0.1) is 17.7 Å². The number of nitrogens with one attached hydrogen (secondary N) is 1. The summed E-state index contributed by atoms with van der Waals surface area (Å²) in [6.45, 7) is -0.635. The number of carbonyl (C=O) groups excluding carboxylic acids is 1. The number of phenols is 1. The number of aromatic nitrogens is 1. The summed E-state index contributed by atoms with van der Waals surface area (Å²) >= 11 is 0. The summed E-state index contributed by atoms with van der Waals surface area (Å²) < 4.78 is 45.7. The molecule has 134 valence electrons. The van der Waals surface area contributed by atoms with E-state index < -0.39 is 39.9 Å². The zero-order valence-electron chi connectivity index (χ0n) is 13.4. The van der Waals surface area contributed by atoms with E-state index in [1.165, 1.54) is 25.6 Å². The Kier molecular flexibility index (Phi) is 4.40. The summed E-state index contributed by atoms with van der Waals surface area (Å²) in [4.78, 5) is 15.3. The van der Waals surface area contributed by atoms with Gasteiger partial charge in [-0.2, -0.15) is 8.42 Å². The van der Waals surface area contributed by atoms with E-state index in [1.807, 2.05) is 0 Å². The number of halogens is 1. The van der Waals surface area contributed by atoms with Crippen molar-refractivity contribution in [3.05, 3.63) is 47.5 Å². The van der Waals surface area contributed by atoms with Gasteiger partial charge in [0.25, 0.3) is 5.91 Å². The molecule has 2 aromatic rings. The van der Waals surface area contributed by atoms with Crippen LogP contribution < -0.4 is 13.8 Å². The van der Waals surface area contributed by atoms with E-state index in [9.17, 15) is 22.7 Å². The first kappa shape index (κ1) is 17.5. The van der Waals surface area contributed by atoms with Gasteiger partial charge in [0.1, 0.15) is 23.7 Å². The first-order valence-corrected chi connectivity index (χ1v) is 8.61. The summed E-state index contributed by atoms with van der Waals surface area (Å²) in [7, 11) is -2.80. The molecular weight excluding hydrogens is 365 g/mol. The summed E-state index contributed by atoms with van der Waals surface area (Å²) in [6, 6.07) is 3.89. The van der Waals surface area contributed by atoms with Crippen molar-refractivity contribution in [1.82, 2.24) is 9.71 Å². The van der Waals surface area contributed by atoms with Crippen LogP contribution in [-0.4, -0.2) is 38.1 Å². The van der Waals surface area contributed by atoms with Gasteiger partial charge in [-0.25, -0.2) is 13.4 Å². The number of pyridine rings is 1. The van der Waals surface area contributed by atoms with Gasteiger partial charge in [-0.3, -0.25) is 9.78 Å². The van der Waals surface area contributed by atoms with E-state index in [-0.39, 0.29) is 5.56 Å². The van der Waals surface area contributed by atoms with Crippen LogP contribution in [0.2, 0.25) is 0 Å². The summed E-state index contributed by atoms with van der Waals surface area (Å²) in [5.74, 6) is 3.18. The van der Waals surface area contributed by atoms with Gasteiger partial charge in [0.05, 0.1) is 18.9 Å². The van der Waals surface area contributed by atoms with Crippen molar-refractivity contribution in [3.8, 4) is 23.3 Å². The number of carbonyl (C=O) groups is 1. The van der Waals surface area contributed by atoms with Gasteiger partial charge in [0, 0.05) is 11.8 Å². The molecule has 2 heterocycles. The molecule has 0 unspecified atom stereocenters. The average molecular weight is 377 g/mol. The second kappa shape index (κ2) is 6.53. The lowest BCUT2D eigenvalue weighted by atomic mass is 10.1. The number of nitrogens with zero attached hydrogens (tertiary/aromatic N) is 2. The molecule has 0 bridgehead atoms. The number of rotatable bonds is 2. The Morgan fingerprint density at radius 1 is 1.35 bits per heavy atom. The molecule has 3 rings (SSSR count). The number of ether oxygens (including phenoxy) is 1. The maximum atomic E-state index is 14.8. The highest BCUT2D eigenvalue weighted by atomic mass is 32.2. The molecule has 0 spiro atoms. The minimum Gasteiger partial charge on any atom is -0.506 e. The Labute approximate surface area is 148 Å². The number of anilines is 1. The standard InChI is InChI=1S/C16H12FN3O5S/c1-25-12-6-10(7-18-8-12)2-3-11-4-5-13(21)16(15(11)17)20-9-14(22)19-26(20,23)24/h4-8,21H,9H2,1H3,(H,19,22). The zero-order chi connectivity index (χ0) is 18.9. The molecular formula is C16H12FN3O5S. The second-order valence-corrected chi connectivity index (χ2v) is 6.79. The van der Waals surface area contributed by atoms with Crippen LogP contribution in [0.3, 0.4) is 0 Å². The summed E-state index contributed by atoms with van der Waals surface area (Å²) in [6.07, 6.45) is 2.93. The second-order valence-electron chi connectivity index (χ2n) is 5.20. The highest BCUT2D eigenvalue weighted by Gasteiger charge is 2.37. The third kappa shape index (κ3) is 3.25. The number of benzene rings is 1. The molecule has 0 atom stereocenters. The average Bonchev–Trinajstić information content (AvgIpc) is 2.86. The van der Waals surface area contributed by atoms with Crippen LogP contribution in [0.4, 0.5) is 10.1 Å². The monoisotopic (exact) mass is 377 g/mol. The molecule has 26 heavy (non-hydrogen) atoms. The van der Waals surface area contributed by atoms with Crippen molar-refractivity contribution in [2.24, 2.45) is 0 Å². The Morgan fingerprint density at radius 2 is 2.12 bits per heavy atom. The molecule has 0 aliphatic carbocycles. The topological polar surface area (TPSA) is 109 Å². The fraction of sp³-hybridized carbons (Fsp3) is 0.125. The predicted molar refractivity (Wildman–Crippen MR) is 89.2 cm³/mol. The van der Waals surface area contributed by atoms with E-state index in [2.05, 4.69) is 16.8 Å². The van der Waals surface area contributed by atoms with Crippen LogP contribution in [-0.2, 0) is 15.0 Å². The molecule has 1 aliphatic heterocycles. The minimum absolute atomic E-state index is 0.157. The molecule has 2 N–H and O–H groups in total. The predicted octanol–water partition coefficient (Wildman–Crippen LogP) is 0.516. The summed E-state index contributed by atoms with van der Waals surface area (Å²) in [5.41, 5.74) is -0.349. The smallest absolute Gasteiger partial charge is 0.326 e. The Bertz CT molecular complexity index is 1060. The largest absolute Gasteiger partial charge is 0.506 e. The molecule has 1 aromatic carbocycles. The van der Waals surface area contributed by atoms with Crippen molar-refractivity contribution in [2.45, 2.75) is 0 Å². The lowest BCUT2D eigenvalue weighted by Crippen LogP contribution is -2.30. The molecule has 1 aliphatic rings. The highest BCUT2D eigenvalue weighted by molar-refractivity contribution is 7.92. The van der Waals surface area contributed by atoms with E-state index in [0.29, 0.717) is 15.6 Å². The van der Waals surface area contributed by atoms with Crippen molar-refractivity contribution in [3.63, 3.8) is 0 Å². The number of phenolic OH excluding ortho intramolecular Hbond substituents is 1. The zero-order valence-corrected chi connectivity index (χ0v) is 14.2. The molecule has 8 nitrogen and oxygen atoms in total. The van der Waals surface area contributed by atoms with Gasteiger partial charge in [0.15, 0.2) is 5.82 Å². The number of aromatic hydroxyl groups is 1. The Balaban J connectivity index is 2.04. The van der Waals surface area contributed by atoms with Crippen LogP contribution >= 0.6 is 0 Å². The first-order valence-electron chi connectivity index (χ1n) is 7.17. The Morgan fingerprint density at radius 3 is 2.77 bits per heavy atom. The van der Waals surface area contributed by atoms with Crippen LogP contribution in [0.15, 0.2) is 30.6 Å². The van der Waals surface area contributed by atoms with E-state index in [4.69, 9.17) is 4.74 Å². The lowest BCUT2D eigenvalue weighted by molar-refractivity contribution is -0.117. The summed E-state index contributed by atoms with van der Waals surface area (Å²) in [5, 5.41) is 9.89. The van der Waals surface area contributed by atoms with Crippen molar-refractivity contribution in [1.29, 1.82) is 0 Å². The number of amides is 1. The van der Waals surface area contributed by atoms with Gasteiger partial charge in [-0.15, -0.1) is 0 Å². The molecule has 1 aromatic heterocycles. The third-order valence-corrected chi connectivity index (χ3v) is 4.83. The van der Waals surface area contributed by atoms with Crippen LogP contribution in [0.25, 0.3) is 0 Å². The van der Waals surface area contributed by atoms with Gasteiger partial charge >= 0.3 is 10.2 Å². The molecule has 1 amide bonds. The molecule has 1 saturated heterocycles. The van der Waals surface area contributed by atoms with E-state index in [1.54, 1.807) is 10.8 Å². The number of hydrogen-bond acceptors (Lipinski definition) is 6. The van der Waals surface area contributed by atoms with Crippen LogP contribution in [0.5, 0.6) is 11.5 Å². The van der Waals surface area contributed by atoms with Gasteiger partial charge < -0.3 is 9.84 Å². The van der Waals surface area contributed by atoms with Gasteiger partial charge in [0.2, 0.25) is 0 Å². The van der Waals surface area contributed by atoms with Crippen molar-refractivity contribution in [2.75, 3.05) is 18.0 Å². The first-order chi connectivity index (χ1) is 12.3. The van der Waals surface area contributed by atoms with Crippen molar-refractivity contribution < 1.29 is 27.4 Å². The molecule has 0 radical (unpaired) electrons. The van der Waals surface area contributed by atoms with Crippen LogP contribution in [0.1, 0.15) is 11.1 Å². The number of methoxy groups -OCH3 is 1. The normalized spacial score (nSPS) is 15.2. The highest BCUT2D eigenvalue weighted by Crippen LogP contribution is 2.34. The maximum Gasteiger partial charge on any atom is 0.326 e. The van der Waals surface area contributed by atoms with E-state index in [0.717, 1.165) is 6.07 Å². The fourth-order valence-electron chi connectivity index (χ4n) is 2.27. The molecule has 10 heteroatoms. The lowest BCUT2D eigenvalue weighted by Gasteiger charge is -2.17. The van der Waals surface area contributed by atoms with E-state index >= 15 is 0 Å². The third-order valence-electron chi connectivity index (χ3n) is 3.45. The molecule has 1 fully saturated rings. The Hall–Kier alpha value is -3.32. The van der Waals surface area contributed by atoms with Gasteiger partial charge in [-0.1, -0.05) is 11.8 Å². The molecule has 0 saturated carbocycles. The van der Waals surface area contributed by atoms with Gasteiger partial charge in [-0.05, 0) is 18.2 Å². The SMILES string of the molecule is COc1cncc(C#Cc2ccc(O)c(N3CC(=O)NS3(=O)=O)c2F)c1. The minimum atomic E-state index is -4.27.